The van der Waals surface area contributed by atoms with Crippen molar-refractivity contribution in [3.05, 3.63) is 39.6 Å². The number of hydrogen-bond acceptors (Lipinski definition) is 5. The fraction of sp³-hybridized carbons (Fsp3) is 0.450. The SMILES string of the molecule is Cc1ccc(Br)cc1C1=C(OC(=O)N(C)CCC#N)C2(CCNCC2)NC1=O. The zero-order chi connectivity index (χ0) is 20.3. The van der Waals surface area contributed by atoms with Gasteiger partial charge < -0.3 is 20.3 Å². The average Bonchev–Trinajstić information content (AvgIpc) is 2.92. The molecule has 0 unspecified atom stereocenters. The van der Waals surface area contributed by atoms with Crippen LogP contribution < -0.4 is 10.6 Å². The third-order valence-electron chi connectivity index (χ3n) is 5.23. The van der Waals surface area contributed by atoms with Gasteiger partial charge in [0.25, 0.3) is 5.91 Å². The molecule has 0 atom stereocenters. The van der Waals surface area contributed by atoms with Crippen molar-refractivity contribution in [1.29, 1.82) is 5.26 Å². The van der Waals surface area contributed by atoms with Gasteiger partial charge in [0.2, 0.25) is 0 Å². The molecule has 2 heterocycles. The van der Waals surface area contributed by atoms with E-state index in [1.807, 2.05) is 31.2 Å². The summed E-state index contributed by atoms with van der Waals surface area (Å²) >= 11 is 3.46. The molecule has 1 saturated heterocycles. The molecule has 28 heavy (non-hydrogen) atoms. The molecule has 148 valence electrons. The summed E-state index contributed by atoms with van der Waals surface area (Å²) < 4.78 is 6.67. The largest absolute Gasteiger partial charge is 0.414 e. The molecule has 1 spiro atoms. The van der Waals surface area contributed by atoms with Crippen molar-refractivity contribution in [3.63, 3.8) is 0 Å². The van der Waals surface area contributed by atoms with Gasteiger partial charge in [0.15, 0.2) is 0 Å². The topological polar surface area (TPSA) is 94.5 Å². The number of halogens is 1. The van der Waals surface area contributed by atoms with Gasteiger partial charge in [-0.3, -0.25) is 4.79 Å². The van der Waals surface area contributed by atoms with Gasteiger partial charge in [-0.2, -0.15) is 5.26 Å². The number of aryl methyl sites for hydroxylation is 1. The van der Waals surface area contributed by atoms with Crippen LogP contribution in [0.1, 0.15) is 30.4 Å². The number of amides is 2. The Morgan fingerprint density at radius 1 is 1.39 bits per heavy atom. The molecule has 2 aliphatic rings. The van der Waals surface area contributed by atoms with Gasteiger partial charge in [-0.25, -0.2) is 4.79 Å². The van der Waals surface area contributed by atoms with Crippen LogP contribution in [-0.2, 0) is 9.53 Å². The Labute approximate surface area is 172 Å². The van der Waals surface area contributed by atoms with Crippen LogP contribution in [-0.4, -0.2) is 49.1 Å². The number of nitriles is 1. The molecule has 2 N–H and O–H groups in total. The maximum absolute atomic E-state index is 13.0. The first-order chi connectivity index (χ1) is 13.4. The van der Waals surface area contributed by atoms with E-state index in [0.717, 1.165) is 28.7 Å². The quantitative estimate of drug-likeness (QED) is 0.741. The summed E-state index contributed by atoms with van der Waals surface area (Å²) in [6, 6.07) is 7.72. The van der Waals surface area contributed by atoms with Gasteiger partial charge in [-0.05, 0) is 56.1 Å². The lowest BCUT2D eigenvalue weighted by atomic mass is 9.86. The summed E-state index contributed by atoms with van der Waals surface area (Å²) in [4.78, 5) is 27.0. The highest BCUT2D eigenvalue weighted by molar-refractivity contribution is 9.10. The molecule has 0 aliphatic carbocycles. The second kappa shape index (κ2) is 8.33. The van der Waals surface area contributed by atoms with Gasteiger partial charge in [0, 0.05) is 18.1 Å². The van der Waals surface area contributed by atoms with Crippen molar-refractivity contribution in [3.8, 4) is 6.07 Å². The second-order valence-electron chi connectivity index (χ2n) is 7.15. The third kappa shape index (κ3) is 3.91. The monoisotopic (exact) mass is 446 g/mol. The number of rotatable bonds is 4. The van der Waals surface area contributed by atoms with E-state index < -0.39 is 11.6 Å². The Morgan fingerprint density at radius 3 is 2.79 bits per heavy atom. The maximum atomic E-state index is 13.0. The van der Waals surface area contributed by atoms with Crippen molar-refractivity contribution >= 4 is 33.5 Å². The van der Waals surface area contributed by atoms with Crippen LogP contribution in [0.3, 0.4) is 0 Å². The molecule has 0 radical (unpaired) electrons. The van der Waals surface area contributed by atoms with E-state index in [-0.39, 0.29) is 18.9 Å². The fourth-order valence-electron chi connectivity index (χ4n) is 3.62. The van der Waals surface area contributed by atoms with Crippen molar-refractivity contribution in [2.45, 2.75) is 31.7 Å². The predicted molar refractivity (Wildman–Crippen MR) is 108 cm³/mol. The summed E-state index contributed by atoms with van der Waals surface area (Å²) in [6.07, 6.45) is 0.929. The van der Waals surface area contributed by atoms with Gasteiger partial charge >= 0.3 is 6.09 Å². The molecule has 8 heteroatoms. The zero-order valence-corrected chi connectivity index (χ0v) is 17.6. The van der Waals surface area contributed by atoms with Crippen LogP contribution in [0.5, 0.6) is 0 Å². The third-order valence-corrected chi connectivity index (χ3v) is 5.72. The van der Waals surface area contributed by atoms with E-state index >= 15 is 0 Å². The number of hydrogen-bond donors (Lipinski definition) is 2. The van der Waals surface area contributed by atoms with Gasteiger partial charge in [0.1, 0.15) is 11.3 Å². The number of piperidine rings is 1. The van der Waals surface area contributed by atoms with Crippen LogP contribution in [0.25, 0.3) is 5.57 Å². The van der Waals surface area contributed by atoms with Crippen molar-refractivity contribution < 1.29 is 14.3 Å². The van der Waals surface area contributed by atoms with Gasteiger partial charge in [0.05, 0.1) is 18.1 Å². The van der Waals surface area contributed by atoms with Crippen LogP contribution in [0, 0.1) is 18.3 Å². The first-order valence-corrected chi connectivity index (χ1v) is 10.0. The van der Waals surface area contributed by atoms with Crippen molar-refractivity contribution in [2.75, 3.05) is 26.7 Å². The minimum absolute atomic E-state index is 0.217. The summed E-state index contributed by atoms with van der Waals surface area (Å²) in [6.45, 7) is 3.63. The Bertz CT molecular complexity index is 869. The highest BCUT2D eigenvalue weighted by Gasteiger charge is 2.49. The predicted octanol–water partition coefficient (Wildman–Crippen LogP) is 2.70. The lowest BCUT2D eigenvalue weighted by Crippen LogP contribution is -2.52. The number of nitrogens with one attached hydrogen (secondary N) is 2. The van der Waals surface area contributed by atoms with Crippen LogP contribution >= 0.6 is 15.9 Å². The summed E-state index contributed by atoms with van der Waals surface area (Å²) in [7, 11) is 1.59. The molecule has 1 aromatic carbocycles. The summed E-state index contributed by atoms with van der Waals surface area (Å²) in [5, 5.41) is 15.1. The normalized spacial score (nSPS) is 18.0. The van der Waals surface area contributed by atoms with Crippen molar-refractivity contribution in [2.24, 2.45) is 0 Å². The molecule has 0 bridgehead atoms. The lowest BCUT2D eigenvalue weighted by molar-refractivity contribution is -0.116. The molecule has 7 nitrogen and oxygen atoms in total. The maximum Gasteiger partial charge on any atom is 0.414 e. The lowest BCUT2D eigenvalue weighted by Gasteiger charge is -2.35. The number of carbonyl (C=O) groups excluding carboxylic acids is 2. The number of carbonyl (C=O) groups is 2. The Morgan fingerprint density at radius 2 is 2.11 bits per heavy atom. The fourth-order valence-corrected chi connectivity index (χ4v) is 3.98. The Hall–Kier alpha value is -2.37. The Balaban J connectivity index is 2.06. The van der Waals surface area contributed by atoms with Crippen molar-refractivity contribution in [1.82, 2.24) is 15.5 Å². The molecular formula is C20H23BrN4O3. The molecule has 0 saturated carbocycles. The first-order valence-electron chi connectivity index (χ1n) is 9.22. The van der Waals surface area contributed by atoms with E-state index in [1.165, 1.54) is 4.90 Å². The number of nitrogens with zero attached hydrogens (tertiary/aromatic N) is 2. The van der Waals surface area contributed by atoms with E-state index in [2.05, 4.69) is 26.6 Å². The number of benzene rings is 1. The van der Waals surface area contributed by atoms with Crippen LogP contribution in [0.2, 0.25) is 0 Å². The Kier molecular flexibility index (Phi) is 6.06. The smallest absolute Gasteiger partial charge is 0.411 e. The highest BCUT2D eigenvalue weighted by Crippen LogP contribution is 2.41. The minimum atomic E-state index is -0.696. The molecule has 1 fully saturated rings. The van der Waals surface area contributed by atoms with E-state index in [1.54, 1.807) is 7.05 Å². The van der Waals surface area contributed by atoms with E-state index in [0.29, 0.717) is 24.2 Å². The molecule has 2 aliphatic heterocycles. The molecular weight excluding hydrogens is 424 g/mol. The van der Waals surface area contributed by atoms with E-state index in [4.69, 9.17) is 10.00 Å². The first kappa shape index (κ1) is 20.4. The number of ether oxygens (including phenoxy) is 1. The van der Waals surface area contributed by atoms with Crippen LogP contribution in [0.4, 0.5) is 4.79 Å². The molecule has 2 amide bonds. The molecule has 0 aromatic heterocycles. The average molecular weight is 447 g/mol. The van der Waals surface area contributed by atoms with E-state index in [9.17, 15) is 9.59 Å². The van der Waals surface area contributed by atoms with Gasteiger partial charge in [-0.15, -0.1) is 0 Å². The molecule has 3 rings (SSSR count). The summed E-state index contributed by atoms with van der Waals surface area (Å²) in [5.74, 6) is 0.152. The molecule has 1 aromatic rings. The van der Waals surface area contributed by atoms with Gasteiger partial charge in [-0.1, -0.05) is 22.0 Å². The zero-order valence-electron chi connectivity index (χ0n) is 16.0. The second-order valence-corrected chi connectivity index (χ2v) is 8.06. The minimum Gasteiger partial charge on any atom is -0.411 e. The standard InChI is InChI=1S/C20H23BrN4O3/c1-13-4-5-14(21)12-15(13)16-17(28-19(27)25(2)11-3-8-22)20(24-18(16)26)6-9-23-10-7-20/h4-5,12,23H,3,6-7,9-11H2,1-2H3,(H,24,26). The van der Waals surface area contributed by atoms with Crippen LogP contribution in [0.15, 0.2) is 28.4 Å². The summed E-state index contributed by atoms with van der Waals surface area (Å²) in [5.41, 5.74) is 1.37. The highest BCUT2D eigenvalue weighted by atomic mass is 79.9.